The van der Waals surface area contributed by atoms with Gasteiger partial charge >= 0.3 is 47.8 Å². The van der Waals surface area contributed by atoms with Gasteiger partial charge in [-0.25, -0.2) is 0 Å². The average molecular weight is 587 g/mol. The minimum atomic E-state index is -8.65. The second-order valence-corrected chi connectivity index (χ2v) is 6.40. The first-order valence-electron chi connectivity index (χ1n) is 7.30. The van der Waals surface area contributed by atoms with Crippen LogP contribution in [0.3, 0.4) is 0 Å². The minimum absolute atomic E-state index is 0.00962. The van der Waals surface area contributed by atoms with Crippen molar-refractivity contribution >= 4 is 15.9 Å². The summed E-state index contributed by atoms with van der Waals surface area (Å²) >= 11 is 2.71. The molecule has 20 heteroatoms. The van der Waals surface area contributed by atoms with Crippen molar-refractivity contribution < 1.29 is 84.1 Å². The van der Waals surface area contributed by atoms with Crippen molar-refractivity contribution in [2.24, 2.45) is 0 Å². The molecule has 0 heterocycles. The van der Waals surface area contributed by atoms with Gasteiger partial charge in [0.1, 0.15) is 0 Å². The Morgan fingerprint density at radius 2 is 0.781 bits per heavy atom. The maximum Gasteiger partial charge on any atom is 0.460 e. The van der Waals surface area contributed by atoms with E-state index in [1.807, 2.05) is 0 Å². The van der Waals surface area contributed by atoms with E-state index in [4.69, 9.17) is 0 Å². The van der Waals surface area contributed by atoms with Gasteiger partial charge < -0.3 is 9.47 Å². The molecule has 0 aromatic carbocycles. The van der Waals surface area contributed by atoms with Gasteiger partial charge in [-0.05, 0) is 0 Å². The number of alkyl halides is 18. The van der Waals surface area contributed by atoms with Crippen LogP contribution in [0.25, 0.3) is 0 Å². The van der Waals surface area contributed by atoms with Gasteiger partial charge in [0.25, 0.3) is 0 Å². The number of rotatable bonds is 12. The molecule has 194 valence electrons. The molecule has 0 saturated heterocycles. The third-order valence-electron chi connectivity index (χ3n) is 3.43. The van der Waals surface area contributed by atoms with E-state index in [0.29, 0.717) is 0 Å². The number of halogens is 18. The number of hydrogen-bond donors (Lipinski definition) is 0. The van der Waals surface area contributed by atoms with Gasteiger partial charge in [-0.3, -0.25) is 0 Å². The van der Waals surface area contributed by atoms with Crippen LogP contribution in [0.1, 0.15) is 0 Å². The first-order valence-corrected chi connectivity index (χ1v) is 8.42. The summed E-state index contributed by atoms with van der Waals surface area (Å²) in [5.74, 6) is -50.2. The largest absolute Gasteiger partial charge is 0.460 e. The molecule has 0 spiro atoms. The van der Waals surface area contributed by atoms with E-state index < -0.39 is 61.0 Å². The van der Waals surface area contributed by atoms with Crippen LogP contribution >= 0.6 is 15.9 Å². The third kappa shape index (κ3) is 4.72. The molecule has 0 amide bonds. The molecule has 0 saturated carbocycles. The zero-order valence-electron chi connectivity index (χ0n) is 14.4. The summed E-state index contributed by atoms with van der Waals surface area (Å²) in [6.07, 6.45) is -14.6. The molecule has 0 aliphatic heterocycles. The summed E-state index contributed by atoms with van der Waals surface area (Å²) < 4.78 is 227. The quantitative estimate of drug-likeness (QED) is 0.150. The lowest BCUT2D eigenvalue weighted by Gasteiger charge is -2.42. The fourth-order valence-corrected chi connectivity index (χ4v) is 1.85. The summed E-state index contributed by atoms with van der Waals surface area (Å²) in [5, 5.41) is 0.00962. The number of hydrogen-bond acceptors (Lipinski definition) is 2. The minimum Gasteiger partial charge on any atom is -0.378 e. The summed E-state index contributed by atoms with van der Waals surface area (Å²) in [6.45, 7) is -3.23. The van der Waals surface area contributed by atoms with Crippen LogP contribution < -0.4 is 0 Å². The Morgan fingerprint density at radius 3 is 1.12 bits per heavy atom. The highest BCUT2D eigenvalue weighted by Crippen LogP contribution is 2.63. The maximum atomic E-state index is 13.4. The Morgan fingerprint density at radius 1 is 0.438 bits per heavy atom. The van der Waals surface area contributed by atoms with Crippen LogP contribution in [0.5, 0.6) is 0 Å². The highest BCUT2D eigenvalue weighted by atomic mass is 79.9. The molecule has 0 bridgehead atoms. The smallest absolute Gasteiger partial charge is 0.378 e. The standard InChI is InChI=1S/C12H8BrF17O2/c13-1-2-31-3-4-32-12(29,30)10(24,25)8(20,21)6(16,17)5(14,15)7(18,19)9(22,23)11(26,27)28/h1-4H2. The Labute approximate surface area is 174 Å². The molecule has 0 aromatic rings. The van der Waals surface area contributed by atoms with E-state index in [2.05, 4.69) is 25.4 Å². The molecule has 0 aliphatic carbocycles. The third-order valence-corrected chi connectivity index (χ3v) is 3.75. The Bertz CT molecular complexity index is 630. The van der Waals surface area contributed by atoms with Gasteiger partial charge in [-0.2, -0.15) is 74.6 Å². The van der Waals surface area contributed by atoms with Gasteiger partial charge in [-0.15, -0.1) is 0 Å². The average Bonchev–Trinajstić information content (AvgIpc) is 2.59. The molecule has 0 aliphatic rings. The molecule has 0 aromatic heterocycles. The normalized spacial score (nSPS) is 15.9. The fourth-order valence-electron chi connectivity index (χ4n) is 1.63. The van der Waals surface area contributed by atoms with Gasteiger partial charge in [0.15, 0.2) is 0 Å². The van der Waals surface area contributed by atoms with Gasteiger partial charge in [0.05, 0.1) is 19.8 Å². The van der Waals surface area contributed by atoms with E-state index in [9.17, 15) is 74.6 Å². The van der Waals surface area contributed by atoms with Crippen LogP contribution in [-0.2, 0) is 9.47 Å². The first kappa shape index (κ1) is 31.2. The highest BCUT2D eigenvalue weighted by molar-refractivity contribution is 9.09. The second kappa shape index (κ2) is 9.10. The van der Waals surface area contributed by atoms with Gasteiger partial charge in [0.2, 0.25) is 0 Å². The molecule has 0 fully saturated rings. The van der Waals surface area contributed by atoms with Gasteiger partial charge in [0, 0.05) is 5.33 Å². The molecule has 0 rings (SSSR count). The zero-order chi connectivity index (χ0) is 26.2. The van der Waals surface area contributed by atoms with E-state index in [1.165, 1.54) is 0 Å². The predicted molar refractivity (Wildman–Crippen MR) is 71.2 cm³/mol. The van der Waals surface area contributed by atoms with Crippen molar-refractivity contribution in [3.8, 4) is 0 Å². The molecule has 0 N–H and O–H groups in total. The zero-order valence-corrected chi connectivity index (χ0v) is 16.0. The Kier molecular flexibility index (Phi) is 8.88. The SMILES string of the molecule is FC(F)(F)C(F)(F)C(F)(F)C(F)(F)C(F)(F)C(F)(F)C(F)(F)C(F)(F)OCCOCCBr. The van der Waals surface area contributed by atoms with E-state index >= 15 is 0 Å². The predicted octanol–water partition coefficient (Wildman–Crippen LogP) is 6.38. The molecular formula is C12H8BrF17O2. The van der Waals surface area contributed by atoms with Crippen molar-refractivity contribution in [3.05, 3.63) is 0 Å². The van der Waals surface area contributed by atoms with Crippen molar-refractivity contribution in [1.29, 1.82) is 0 Å². The summed E-state index contributed by atoms with van der Waals surface area (Å²) in [5.41, 5.74) is 0. The Hall–Kier alpha value is -0.790. The van der Waals surface area contributed by atoms with Crippen molar-refractivity contribution in [3.63, 3.8) is 0 Å². The first-order chi connectivity index (χ1) is 13.8. The lowest BCUT2D eigenvalue weighted by Crippen LogP contribution is -2.74. The summed E-state index contributed by atoms with van der Waals surface area (Å²) in [7, 11) is 0. The molecule has 0 atom stereocenters. The topological polar surface area (TPSA) is 18.5 Å². The summed E-state index contributed by atoms with van der Waals surface area (Å²) in [6, 6.07) is 0. The second-order valence-electron chi connectivity index (χ2n) is 5.61. The lowest BCUT2D eigenvalue weighted by molar-refractivity contribution is -0.477. The molecule has 32 heavy (non-hydrogen) atoms. The van der Waals surface area contributed by atoms with Gasteiger partial charge in [-0.1, -0.05) is 15.9 Å². The summed E-state index contributed by atoms with van der Waals surface area (Å²) in [4.78, 5) is 0. The lowest BCUT2D eigenvalue weighted by atomic mass is 9.90. The maximum absolute atomic E-state index is 13.4. The van der Waals surface area contributed by atoms with E-state index in [1.54, 1.807) is 0 Å². The molecular weight excluding hydrogens is 579 g/mol. The van der Waals surface area contributed by atoms with Crippen LogP contribution in [0, 0.1) is 0 Å². The molecule has 2 nitrogen and oxygen atoms in total. The fraction of sp³-hybridized carbons (Fsp3) is 1.00. The molecule has 0 radical (unpaired) electrons. The van der Waals surface area contributed by atoms with Crippen LogP contribution in [-0.4, -0.2) is 73.0 Å². The van der Waals surface area contributed by atoms with Crippen LogP contribution in [0.15, 0.2) is 0 Å². The van der Waals surface area contributed by atoms with E-state index in [0.717, 1.165) is 0 Å². The number of ether oxygens (including phenoxy) is 2. The van der Waals surface area contributed by atoms with Crippen molar-refractivity contribution in [2.45, 2.75) is 47.8 Å². The van der Waals surface area contributed by atoms with Crippen molar-refractivity contribution in [1.82, 2.24) is 0 Å². The van der Waals surface area contributed by atoms with Crippen molar-refractivity contribution in [2.75, 3.05) is 25.2 Å². The molecule has 0 unspecified atom stereocenters. The highest BCUT2D eigenvalue weighted by Gasteiger charge is 2.95. The van der Waals surface area contributed by atoms with Crippen LogP contribution in [0.2, 0.25) is 0 Å². The Balaban J connectivity index is 6.25. The monoisotopic (exact) mass is 586 g/mol. The van der Waals surface area contributed by atoms with E-state index in [-0.39, 0.29) is 11.9 Å². The van der Waals surface area contributed by atoms with Crippen LogP contribution in [0.4, 0.5) is 74.6 Å².